The Balaban J connectivity index is 3.23. The van der Waals surface area contributed by atoms with Crippen LogP contribution in [0.5, 0.6) is 5.75 Å². The number of aliphatic hydroxyl groups is 1. The summed E-state index contributed by atoms with van der Waals surface area (Å²) in [6.45, 7) is -3.16. The fraction of sp³-hybridized carbons (Fsp3) is 0.222. The molecule has 0 amide bonds. The first-order chi connectivity index (χ1) is 7.84. The van der Waals surface area contributed by atoms with Crippen LogP contribution in [0.2, 0.25) is 10.0 Å². The number of halogens is 4. The van der Waals surface area contributed by atoms with Crippen LogP contribution in [-0.2, 0) is 4.79 Å². The number of benzene rings is 1. The second kappa shape index (κ2) is 5.48. The maximum Gasteiger partial charge on any atom is 0.387 e. The van der Waals surface area contributed by atoms with Gasteiger partial charge in [0.15, 0.2) is 11.9 Å². The van der Waals surface area contributed by atoms with Crippen LogP contribution in [0.1, 0.15) is 11.7 Å². The highest BCUT2D eigenvalue weighted by molar-refractivity contribution is 6.37. The van der Waals surface area contributed by atoms with Crippen molar-refractivity contribution in [3.05, 3.63) is 27.7 Å². The van der Waals surface area contributed by atoms with E-state index in [1.54, 1.807) is 0 Å². The molecule has 0 saturated heterocycles. The lowest BCUT2D eigenvalue weighted by Gasteiger charge is -2.13. The van der Waals surface area contributed by atoms with Crippen molar-refractivity contribution in [3.63, 3.8) is 0 Å². The number of hydrogen-bond acceptors (Lipinski definition) is 3. The van der Waals surface area contributed by atoms with Gasteiger partial charge in [-0.1, -0.05) is 29.3 Å². The Kier molecular flexibility index (Phi) is 4.50. The lowest BCUT2D eigenvalue weighted by atomic mass is 10.1. The zero-order valence-corrected chi connectivity index (χ0v) is 9.54. The molecule has 0 aliphatic heterocycles. The third kappa shape index (κ3) is 3.18. The molecule has 2 N–H and O–H groups in total. The predicted molar refractivity (Wildman–Crippen MR) is 55.7 cm³/mol. The molecule has 0 aliphatic carbocycles. The van der Waals surface area contributed by atoms with Crippen molar-refractivity contribution < 1.29 is 28.5 Å². The molecule has 0 unspecified atom stereocenters. The van der Waals surface area contributed by atoms with Crippen LogP contribution < -0.4 is 4.74 Å². The summed E-state index contributed by atoms with van der Waals surface area (Å²) >= 11 is 11.2. The van der Waals surface area contributed by atoms with Crippen molar-refractivity contribution >= 4 is 29.2 Å². The first-order valence-corrected chi connectivity index (χ1v) is 4.93. The van der Waals surface area contributed by atoms with E-state index < -0.39 is 29.5 Å². The van der Waals surface area contributed by atoms with Crippen LogP contribution in [0.15, 0.2) is 12.1 Å². The summed E-state index contributed by atoms with van der Waals surface area (Å²) in [4.78, 5) is 10.5. The maximum absolute atomic E-state index is 12.1. The van der Waals surface area contributed by atoms with Gasteiger partial charge in [0.25, 0.3) is 0 Å². The van der Waals surface area contributed by atoms with Crippen LogP contribution in [-0.4, -0.2) is 22.8 Å². The number of hydrogen-bond donors (Lipinski definition) is 2. The molecule has 17 heavy (non-hydrogen) atoms. The fourth-order valence-electron chi connectivity index (χ4n) is 1.09. The molecule has 0 aromatic heterocycles. The van der Waals surface area contributed by atoms with Gasteiger partial charge in [0.2, 0.25) is 0 Å². The number of carbonyl (C=O) groups is 1. The highest BCUT2D eigenvalue weighted by Gasteiger charge is 2.24. The molecule has 0 radical (unpaired) electrons. The molecule has 94 valence electrons. The summed E-state index contributed by atoms with van der Waals surface area (Å²) in [5.74, 6) is -2.14. The Morgan fingerprint density at radius 2 is 1.94 bits per heavy atom. The second-order valence-electron chi connectivity index (χ2n) is 2.90. The summed E-state index contributed by atoms with van der Waals surface area (Å²) in [5, 5.41) is 17.2. The van der Waals surface area contributed by atoms with Gasteiger partial charge in [-0.15, -0.1) is 0 Å². The fourth-order valence-corrected chi connectivity index (χ4v) is 1.65. The zero-order chi connectivity index (χ0) is 13.2. The largest absolute Gasteiger partial charge is 0.479 e. The summed E-state index contributed by atoms with van der Waals surface area (Å²) in [5.41, 5.74) is -0.279. The van der Waals surface area contributed by atoms with E-state index in [2.05, 4.69) is 4.74 Å². The van der Waals surface area contributed by atoms with Crippen LogP contribution in [0.3, 0.4) is 0 Å². The summed E-state index contributed by atoms with van der Waals surface area (Å²) in [6, 6.07) is 2.22. The van der Waals surface area contributed by atoms with Gasteiger partial charge in [-0.2, -0.15) is 8.78 Å². The van der Waals surface area contributed by atoms with Crippen LogP contribution >= 0.6 is 23.2 Å². The van der Waals surface area contributed by atoms with E-state index >= 15 is 0 Å². The van der Waals surface area contributed by atoms with Crippen LogP contribution in [0, 0.1) is 0 Å². The lowest BCUT2D eigenvalue weighted by molar-refractivity contribution is -0.146. The molecule has 0 heterocycles. The van der Waals surface area contributed by atoms with Crippen LogP contribution in [0.4, 0.5) is 8.78 Å². The average molecular weight is 287 g/mol. The molecule has 1 aromatic carbocycles. The van der Waals surface area contributed by atoms with Crippen LogP contribution in [0.25, 0.3) is 0 Å². The maximum atomic E-state index is 12.1. The minimum atomic E-state index is -3.16. The van der Waals surface area contributed by atoms with E-state index in [4.69, 9.17) is 28.3 Å². The SMILES string of the molecule is O=C(O)[C@@H](O)c1ccc(Cl)c(OC(F)F)c1Cl. The third-order valence-electron chi connectivity index (χ3n) is 1.81. The molecule has 0 bridgehead atoms. The molecule has 8 heteroatoms. The molecular formula is C9H6Cl2F2O4. The van der Waals surface area contributed by atoms with Gasteiger partial charge in [-0.25, -0.2) is 4.79 Å². The monoisotopic (exact) mass is 286 g/mol. The molecule has 1 aromatic rings. The van der Waals surface area contributed by atoms with Crippen molar-refractivity contribution in [1.82, 2.24) is 0 Å². The quantitative estimate of drug-likeness (QED) is 0.893. The molecule has 1 rings (SSSR count). The molecule has 0 saturated carbocycles. The summed E-state index contributed by atoms with van der Waals surface area (Å²) in [7, 11) is 0. The number of aliphatic hydroxyl groups excluding tert-OH is 1. The smallest absolute Gasteiger partial charge is 0.387 e. The van der Waals surface area contributed by atoms with Gasteiger partial charge in [-0.3, -0.25) is 0 Å². The van der Waals surface area contributed by atoms with Crippen molar-refractivity contribution in [3.8, 4) is 5.75 Å². The Morgan fingerprint density at radius 1 is 1.35 bits per heavy atom. The van der Waals surface area contributed by atoms with Gasteiger partial charge in [0, 0.05) is 5.56 Å². The van der Waals surface area contributed by atoms with Gasteiger partial charge in [0.05, 0.1) is 10.0 Å². The Labute approximate surface area is 104 Å². The number of aliphatic carboxylic acids is 1. The van der Waals surface area contributed by atoms with Crippen molar-refractivity contribution in [2.24, 2.45) is 0 Å². The molecule has 1 atom stereocenters. The molecular weight excluding hydrogens is 281 g/mol. The molecule has 4 nitrogen and oxygen atoms in total. The van der Waals surface area contributed by atoms with Gasteiger partial charge in [0.1, 0.15) is 0 Å². The predicted octanol–water partition coefficient (Wildman–Crippen LogP) is 2.71. The first-order valence-electron chi connectivity index (χ1n) is 4.18. The Hall–Kier alpha value is -1.11. The van der Waals surface area contributed by atoms with Gasteiger partial charge < -0.3 is 14.9 Å². The van der Waals surface area contributed by atoms with Gasteiger partial charge in [-0.05, 0) is 6.07 Å². The minimum absolute atomic E-state index is 0.211. The number of alkyl halides is 2. The summed E-state index contributed by atoms with van der Waals surface area (Å²) in [6.07, 6.45) is -1.94. The highest BCUT2D eigenvalue weighted by atomic mass is 35.5. The second-order valence-corrected chi connectivity index (χ2v) is 3.68. The van der Waals surface area contributed by atoms with Gasteiger partial charge >= 0.3 is 12.6 Å². The highest BCUT2D eigenvalue weighted by Crippen LogP contribution is 2.38. The minimum Gasteiger partial charge on any atom is -0.479 e. The van der Waals surface area contributed by atoms with Crippen molar-refractivity contribution in [1.29, 1.82) is 0 Å². The molecule has 0 aliphatic rings. The number of carboxylic acid groups (broad SMARTS) is 1. The van der Waals surface area contributed by atoms with Crippen molar-refractivity contribution in [2.75, 3.05) is 0 Å². The Morgan fingerprint density at radius 3 is 2.41 bits per heavy atom. The van der Waals surface area contributed by atoms with E-state index in [1.807, 2.05) is 0 Å². The van der Waals surface area contributed by atoms with E-state index in [9.17, 15) is 18.7 Å². The number of ether oxygens (including phenoxy) is 1. The lowest BCUT2D eigenvalue weighted by Crippen LogP contribution is -2.12. The average Bonchev–Trinajstić information content (AvgIpc) is 2.23. The Bertz CT molecular complexity index is 439. The third-order valence-corrected chi connectivity index (χ3v) is 2.50. The number of carboxylic acids is 1. The van der Waals surface area contributed by atoms with Crippen molar-refractivity contribution in [2.45, 2.75) is 12.7 Å². The first kappa shape index (κ1) is 14.0. The molecule has 0 fully saturated rings. The standard InChI is InChI=1S/C9H6Cl2F2O4/c10-4-2-1-3(6(14)8(15)16)5(11)7(4)17-9(12)13/h1-2,6,9,14H,(H,15,16)/t6-/m0/s1. The molecule has 0 spiro atoms. The van der Waals surface area contributed by atoms with E-state index in [0.29, 0.717) is 0 Å². The number of rotatable bonds is 4. The van der Waals surface area contributed by atoms with E-state index in [0.717, 1.165) is 12.1 Å². The van der Waals surface area contributed by atoms with E-state index in [-0.39, 0.29) is 10.6 Å². The normalized spacial score (nSPS) is 12.6. The van der Waals surface area contributed by atoms with E-state index in [1.165, 1.54) is 0 Å². The summed E-state index contributed by atoms with van der Waals surface area (Å²) < 4.78 is 28.2. The topological polar surface area (TPSA) is 66.8 Å². The zero-order valence-electron chi connectivity index (χ0n) is 8.03.